The Morgan fingerprint density at radius 3 is 2.45 bits per heavy atom. The van der Waals surface area contributed by atoms with E-state index in [2.05, 4.69) is 30.4 Å². The summed E-state index contributed by atoms with van der Waals surface area (Å²) >= 11 is 0. The van der Waals surface area contributed by atoms with Crippen molar-refractivity contribution in [3.63, 3.8) is 0 Å². The quantitative estimate of drug-likeness (QED) is 0.917. The van der Waals surface area contributed by atoms with Crippen molar-refractivity contribution in [2.45, 2.75) is 19.3 Å². The molecule has 0 amide bonds. The fourth-order valence-electron chi connectivity index (χ4n) is 2.60. The van der Waals surface area contributed by atoms with Gasteiger partial charge in [0.05, 0.1) is 20.3 Å². The lowest BCUT2D eigenvalue weighted by Crippen LogP contribution is -2.26. The highest BCUT2D eigenvalue weighted by Crippen LogP contribution is 2.29. The number of hydrogen-bond acceptors (Lipinski definition) is 4. The number of methoxy groups -OCH3 is 1. The summed E-state index contributed by atoms with van der Waals surface area (Å²) in [5, 5.41) is 3.52. The van der Waals surface area contributed by atoms with Crippen molar-refractivity contribution in [2.75, 3.05) is 25.6 Å². The Balaban J connectivity index is 1.85. The lowest BCUT2D eigenvalue weighted by molar-refractivity contribution is -0.0549. The van der Waals surface area contributed by atoms with Gasteiger partial charge in [0.2, 0.25) is 0 Å². The van der Waals surface area contributed by atoms with E-state index in [1.54, 1.807) is 7.11 Å². The highest BCUT2D eigenvalue weighted by atomic mass is 16.7. The zero-order chi connectivity index (χ0) is 15.4. The Labute approximate surface area is 131 Å². The largest absolute Gasteiger partial charge is 0.497 e. The fourth-order valence-corrected chi connectivity index (χ4v) is 2.60. The Morgan fingerprint density at radius 2 is 1.82 bits per heavy atom. The lowest BCUT2D eigenvalue weighted by Gasteiger charge is -2.25. The topological polar surface area (TPSA) is 39.7 Å². The zero-order valence-electron chi connectivity index (χ0n) is 12.9. The predicted octanol–water partition coefficient (Wildman–Crippen LogP) is 3.53. The first-order valence-corrected chi connectivity index (χ1v) is 7.46. The number of ether oxygens (including phenoxy) is 3. The molecule has 1 heterocycles. The van der Waals surface area contributed by atoms with E-state index in [1.807, 2.05) is 30.3 Å². The molecule has 3 rings (SSSR count). The average molecular weight is 299 g/mol. The van der Waals surface area contributed by atoms with Gasteiger partial charge in [-0.25, -0.2) is 0 Å². The van der Waals surface area contributed by atoms with Crippen LogP contribution in [0.5, 0.6) is 5.75 Å². The number of anilines is 1. The summed E-state index contributed by atoms with van der Waals surface area (Å²) in [5.41, 5.74) is 3.38. The van der Waals surface area contributed by atoms with Gasteiger partial charge in [-0.3, -0.25) is 0 Å². The highest BCUT2D eigenvalue weighted by Gasteiger charge is 2.28. The third kappa shape index (κ3) is 3.40. The first-order valence-electron chi connectivity index (χ1n) is 7.46. The molecule has 0 spiro atoms. The molecule has 1 aliphatic heterocycles. The zero-order valence-corrected chi connectivity index (χ0v) is 12.9. The van der Waals surface area contributed by atoms with Crippen LogP contribution >= 0.6 is 0 Å². The summed E-state index contributed by atoms with van der Waals surface area (Å²) < 4.78 is 16.7. The fraction of sp³-hybridized carbons (Fsp3) is 0.333. The smallest absolute Gasteiger partial charge is 0.182 e. The highest BCUT2D eigenvalue weighted by molar-refractivity contribution is 5.48. The molecule has 1 fully saturated rings. The van der Waals surface area contributed by atoms with Crippen molar-refractivity contribution < 1.29 is 14.2 Å². The van der Waals surface area contributed by atoms with Crippen LogP contribution in [0.1, 0.15) is 17.2 Å². The van der Waals surface area contributed by atoms with Crippen LogP contribution in [0.3, 0.4) is 0 Å². The minimum Gasteiger partial charge on any atom is -0.497 e. The molecule has 116 valence electrons. The summed E-state index contributed by atoms with van der Waals surface area (Å²) in [7, 11) is 1.67. The Bertz CT molecular complexity index is 606. The Hall–Kier alpha value is -2.04. The molecule has 1 saturated heterocycles. The van der Waals surface area contributed by atoms with Crippen molar-refractivity contribution in [1.82, 2.24) is 0 Å². The molecule has 0 aliphatic carbocycles. The molecule has 0 aromatic heterocycles. The molecule has 1 aliphatic rings. The third-order valence-electron chi connectivity index (χ3n) is 3.73. The summed E-state index contributed by atoms with van der Waals surface area (Å²) in [6.07, 6.45) is -0.283. The predicted molar refractivity (Wildman–Crippen MR) is 86.2 cm³/mol. The summed E-state index contributed by atoms with van der Waals surface area (Å²) in [6.45, 7) is 3.34. The standard InChI is InChI=1S/C18H21NO3/c1-13-4-3-5-15(12-13)19-17(18-21-10-11-22-18)14-6-8-16(20-2)9-7-14/h3-9,12,17-19H,10-11H2,1-2H3. The van der Waals surface area contributed by atoms with Crippen LogP contribution in [0.25, 0.3) is 0 Å². The Kier molecular flexibility index (Phi) is 4.61. The maximum Gasteiger partial charge on any atom is 0.182 e. The number of rotatable bonds is 5. The van der Waals surface area contributed by atoms with Crippen LogP contribution in [0, 0.1) is 6.92 Å². The van der Waals surface area contributed by atoms with Gasteiger partial charge in [0.15, 0.2) is 6.29 Å². The lowest BCUT2D eigenvalue weighted by atomic mass is 10.1. The van der Waals surface area contributed by atoms with E-state index in [-0.39, 0.29) is 12.3 Å². The average Bonchev–Trinajstić information content (AvgIpc) is 3.07. The molecule has 0 saturated carbocycles. The van der Waals surface area contributed by atoms with Gasteiger partial charge in [0, 0.05) is 5.69 Å². The van der Waals surface area contributed by atoms with E-state index >= 15 is 0 Å². The number of hydrogen-bond donors (Lipinski definition) is 1. The molecule has 4 heteroatoms. The molecule has 1 atom stereocenters. The Morgan fingerprint density at radius 1 is 1.09 bits per heavy atom. The van der Waals surface area contributed by atoms with Gasteiger partial charge in [-0.15, -0.1) is 0 Å². The van der Waals surface area contributed by atoms with Crippen molar-refractivity contribution in [2.24, 2.45) is 0 Å². The second-order valence-corrected chi connectivity index (χ2v) is 5.37. The van der Waals surface area contributed by atoms with E-state index in [9.17, 15) is 0 Å². The first-order chi connectivity index (χ1) is 10.8. The molecule has 1 N–H and O–H groups in total. The van der Waals surface area contributed by atoms with Gasteiger partial charge in [0.1, 0.15) is 11.8 Å². The van der Waals surface area contributed by atoms with E-state index in [4.69, 9.17) is 14.2 Å². The molecule has 1 unspecified atom stereocenters. The first kappa shape index (κ1) is 14.9. The minimum absolute atomic E-state index is 0.0600. The van der Waals surface area contributed by atoms with Gasteiger partial charge >= 0.3 is 0 Å². The second-order valence-electron chi connectivity index (χ2n) is 5.37. The van der Waals surface area contributed by atoms with Crippen molar-refractivity contribution in [3.8, 4) is 5.75 Å². The van der Waals surface area contributed by atoms with Crippen LogP contribution in [-0.4, -0.2) is 26.6 Å². The SMILES string of the molecule is COc1ccc(C(Nc2cccc(C)c2)C2OCCO2)cc1. The maximum absolute atomic E-state index is 5.71. The molecular weight excluding hydrogens is 278 g/mol. The van der Waals surface area contributed by atoms with Crippen LogP contribution < -0.4 is 10.1 Å². The summed E-state index contributed by atoms with van der Waals surface area (Å²) in [6, 6.07) is 16.2. The molecule has 2 aromatic carbocycles. The normalized spacial score (nSPS) is 16.5. The summed E-state index contributed by atoms with van der Waals surface area (Å²) in [5.74, 6) is 0.839. The minimum atomic E-state index is -0.283. The van der Waals surface area contributed by atoms with E-state index in [0.29, 0.717) is 13.2 Å². The van der Waals surface area contributed by atoms with Crippen LogP contribution in [-0.2, 0) is 9.47 Å². The van der Waals surface area contributed by atoms with E-state index in [0.717, 1.165) is 17.0 Å². The van der Waals surface area contributed by atoms with E-state index < -0.39 is 0 Å². The second kappa shape index (κ2) is 6.81. The third-order valence-corrected chi connectivity index (χ3v) is 3.73. The summed E-state index contributed by atoms with van der Waals surface area (Å²) in [4.78, 5) is 0. The number of benzene rings is 2. The van der Waals surface area contributed by atoms with Gasteiger partial charge in [-0.2, -0.15) is 0 Å². The van der Waals surface area contributed by atoms with Gasteiger partial charge in [-0.1, -0.05) is 24.3 Å². The van der Waals surface area contributed by atoms with Crippen LogP contribution in [0.2, 0.25) is 0 Å². The molecule has 4 nitrogen and oxygen atoms in total. The van der Waals surface area contributed by atoms with Gasteiger partial charge in [-0.05, 0) is 42.3 Å². The number of nitrogens with one attached hydrogen (secondary N) is 1. The molecule has 22 heavy (non-hydrogen) atoms. The maximum atomic E-state index is 5.71. The number of aryl methyl sites for hydroxylation is 1. The van der Waals surface area contributed by atoms with Crippen molar-refractivity contribution in [3.05, 3.63) is 59.7 Å². The van der Waals surface area contributed by atoms with Crippen molar-refractivity contribution in [1.29, 1.82) is 0 Å². The molecule has 0 radical (unpaired) electrons. The van der Waals surface area contributed by atoms with Gasteiger partial charge < -0.3 is 19.5 Å². The monoisotopic (exact) mass is 299 g/mol. The molecule has 2 aromatic rings. The van der Waals surface area contributed by atoms with Crippen LogP contribution in [0.15, 0.2) is 48.5 Å². The van der Waals surface area contributed by atoms with Gasteiger partial charge in [0.25, 0.3) is 0 Å². The van der Waals surface area contributed by atoms with Crippen LogP contribution in [0.4, 0.5) is 5.69 Å². The molecular formula is C18H21NO3. The molecule has 0 bridgehead atoms. The van der Waals surface area contributed by atoms with E-state index in [1.165, 1.54) is 5.56 Å². The van der Waals surface area contributed by atoms with Crippen molar-refractivity contribution >= 4 is 5.69 Å².